The van der Waals surface area contributed by atoms with Gasteiger partial charge >= 0.3 is 6.18 Å². The zero-order chi connectivity index (χ0) is 17.8. The highest BCUT2D eigenvalue weighted by atomic mass is 35.5. The van der Waals surface area contributed by atoms with E-state index >= 15 is 0 Å². The number of alkyl halides is 3. The van der Waals surface area contributed by atoms with Gasteiger partial charge in [0.1, 0.15) is 0 Å². The molecule has 0 aliphatic carbocycles. The fraction of sp³-hybridized carbons (Fsp3) is 0.588. The van der Waals surface area contributed by atoms with Gasteiger partial charge in [0.25, 0.3) is 0 Å². The molecular weight excluding hydrogens is 341 g/mol. The van der Waals surface area contributed by atoms with E-state index < -0.39 is 29.2 Å². The third kappa shape index (κ3) is 5.67. The van der Waals surface area contributed by atoms with Crippen molar-refractivity contribution < 1.29 is 18.0 Å². The highest BCUT2D eigenvalue weighted by Crippen LogP contribution is 2.36. The van der Waals surface area contributed by atoms with Crippen molar-refractivity contribution in [2.75, 3.05) is 0 Å². The Morgan fingerprint density at radius 3 is 2.29 bits per heavy atom. The van der Waals surface area contributed by atoms with E-state index in [9.17, 15) is 18.0 Å². The smallest absolute Gasteiger partial charge is 0.351 e. The van der Waals surface area contributed by atoms with Crippen molar-refractivity contribution in [3.63, 3.8) is 0 Å². The zero-order valence-corrected chi connectivity index (χ0v) is 15.2. The lowest BCUT2D eigenvalue weighted by Crippen LogP contribution is -2.54. The molecule has 3 N–H and O–H groups in total. The summed E-state index contributed by atoms with van der Waals surface area (Å²) in [5.74, 6) is -0.836. The molecule has 1 aromatic rings. The van der Waals surface area contributed by atoms with E-state index in [1.807, 2.05) is 6.92 Å². The third-order valence-electron chi connectivity index (χ3n) is 4.15. The van der Waals surface area contributed by atoms with Crippen molar-refractivity contribution in [1.29, 1.82) is 0 Å². The predicted octanol–water partition coefficient (Wildman–Crippen LogP) is 4.25. The van der Waals surface area contributed by atoms with Crippen molar-refractivity contribution in [2.24, 2.45) is 5.73 Å². The maximum Gasteiger partial charge on any atom is 0.416 e. The highest BCUT2D eigenvalue weighted by molar-refractivity contribution is 5.86. The van der Waals surface area contributed by atoms with Crippen LogP contribution in [0.1, 0.15) is 57.6 Å². The molecule has 0 aliphatic rings. The van der Waals surface area contributed by atoms with Crippen LogP contribution in [0, 0.1) is 0 Å². The molecule has 3 unspecified atom stereocenters. The van der Waals surface area contributed by atoms with E-state index in [2.05, 4.69) is 5.32 Å². The Morgan fingerprint density at radius 1 is 1.25 bits per heavy atom. The number of rotatable bonds is 6. The van der Waals surface area contributed by atoms with Gasteiger partial charge in [-0.25, -0.2) is 0 Å². The van der Waals surface area contributed by atoms with Crippen molar-refractivity contribution in [3.8, 4) is 0 Å². The van der Waals surface area contributed by atoms with Gasteiger partial charge in [-0.15, -0.1) is 12.4 Å². The molecule has 138 valence electrons. The maximum absolute atomic E-state index is 13.1. The molecule has 0 bridgehead atoms. The van der Waals surface area contributed by atoms with Crippen LogP contribution in [-0.4, -0.2) is 17.5 Å². The second-order valence-corrected chi connectivity index (χ2v) is 6.30. The zero-order valence-electron chi connectivity index (χ0n) is 14.4. The van der Waals surface area contributed by atoms with Crippen molar-refractivity contribution >= 4 is 18.3 Å². The SMILES string of the molecule is CCCC(C)(N)C(=O)NC(C)C(C)c1ccccc1C(F)(F)F.Cl. The number of amides is 1. The topological polar surface area (TPSA) is 55.1 Å². The van der Waals surface area contributed by atoms with Crippen molar-refractivity contribution in [3.05, 3.63) is 35.4 Å². The molecule has 3 nitrogen and oxygen atoms in total. The van der Waals surface area contributed by atoms with Gasteiger partial charge in [0.15, 0.2) is 0 Å². The van der Waals surface area contributed by atoms with Gasteiger partial charge in [0.2, 0.25) is 5.91 Å². The largest absolute Gasteiger partial charge is 0.416 e. The highest BCUT2D eigenvalue weighted by Gasteiger charge is 2.36. The van der Waals surface area contributed by atoms with Crippen LogP contribution in [0.25, 0.3) is 0 Å². The summed E-state index contributed by atoms with van der Waals surface area (Å²) in [6, 6.07) is 4.97. The van der Waals surface area contributed by atoms with E-state index in [0.29, 0.717) is 6.42 Å². The Hall–Kier alpha value is -1.27. The Bertz CT molecular complexity index is 547. The van der Waals surface area contributed by atoms with Gasteiger partial charge in [-0.2, -0.15) is 13.2 Å². The van der Waals surface area contributed by atoms with Crippen molar-refractivity contribution in [2.45, 2.75) is 64.2 Å². The number of carbonyl (C=O) groups is 1. The van der Waals surface area contributed by atoms with E-state index in [4.69, 9.17) is 5.73 Å². The molecule has 7 heteroatoms. The van der Waals surface area contributed by atoms with Gasteiger partial charge in [0, 0.05) is 12.0 Å². The van der Waals surface area contributed by atoms with Crippen LogP contribution in [-0.2, 0) is 11.0 Å². The lowest BCUT2D eigenvalue weighted by Gasteiger charge is -2.29. The maximum atomic E-state index is 13.1. The number of carbonyl (C=O) groups excluding carboxylic acids is 1. The standard InChI is InChI=1S/C17H25F3N2O.ClH/c1-5-10-16(4,21)15(23)22-12(3)11(2)13-8-6-7-9-14(13)17(18,19)20;/h6-9,11-12H,5,10,21H2,1-4H3,(H,22,23);1H. The van der Waals surface area contributed by atoms with Gasteiger partial charge in [-0.3, -0.25) is 4.79 Å². The average Bonchev–Trinajstić information content (AvgIpc) is 2.45. The van der Waals surface area contributed by atoms with E-state index in [1.54, 1.807) is 26.8 Å². The van der Waals surface area contributed by atoms with E-state index in [-0.39, 0.29) is 23.9 Å². The molecule has 3 atom stereocenters. The number of nitrogens with two attached hydrogens (primary N) is 1. The Balaban J connectivity index is 0.00000529. The number of nitrogens with one attached hydrogen (secondary N) is 1. The first kappa shape index (κ1) is 22.7. The third-order valence-corrected chi connectivity index (χ3v) is 4.15. The van der Waals surface area contributed by atoms with Gasteiger partial charge in [-0.1, -0.05) is 38.5 Å². The monoisotopic (exact) mass is 366 g/mol. The van der Waals surface area contributed by atoms with Crippen LogP contribution < -0.4 is 11.1 Å². The summed E-state index contributed by atoms with van der Waals surface area (Å²) >= 11 is 0. The molecular formula is C17H26ClF3N2O. The lowest BCUT2D eigenvalue weighted by molar-refractivity contribution is -0.138. The number of halogens is 4. The number of hydrogen-bond donors (Lipinski definition) is 2. The van der Waals surface area contributed by atoms with Gasteiger partial charge in [-0.05, 0) is 31.9 Å². The Labute approximate surface area is 147 Å². The summed E-state index contributed by atoms with van der Waals surface area (Å²) < 4.78 is 39.4. The number of hydrogen-bond acceptors (Lipinski definition) is 2. The van der Waals surface area contributed by atoms with Crippen molar-refractivity contribution in [1.82, 2.24) is 5.32 Å². The van der Waals surface area contributed by atoms with E-state index in [1.165, 1.54) is 12.1 Å². The molecule has 0 aromatic heterocycles. The molecule has 0 saturated heterocycles. The summed E-state index contributed by atoms with van der Waals surface area (Å²) in [6.07, 6.45) is -3.15. The van der Waals surface area contributed by atoms with Crippen LogP contribution in [0.15, 0.2) is 24.3 Å². The second-order valence-electron chi connectivity index (χ2n) is 6.30. The summed E-state index contributed by atoms with van der Waals surface area (Å²) in [6.45, 7) is 6.91. The minimum absolute atomic E-state index is 0. The van der Waals surface area contributed by atoms with Crippen LogP contribution in [0.3, 0.4) is 0 Å². The first-order valence-electron chi connectivity index (χ1n) is 7.76. The van der Waals surface area contributed by atoms with Crippen LogP contribution in [0.4, 0.5) is 13.2 Å². The summed E-state index contributed by atoms with van der Waals surface area (Å²) in [5.41, 5.74) is 4.44. The van der Waals surface area contributed by atoms with Gasteiger partial charge < -0.3 is 11.1 Å². The quantitative estimate of drug-likeness (QED) is 0.790. The van der Waals surface area contributed by atoms with Crippen LogP contribution in [0.2, 0.25) is 0 Å². The molecule has 0 saturated carbocycles. The first-order chi connectivity index (χ1) is 10.5. The second kappa shape index (κ2) is 8.72. The number of benzene rings is 1. The fourth-order valence-electron chi connectivity index (χ4n) is 2.55. The molecule has 0 fully saturated rings. The molecule has 1 rings (SSSR count). The Morgan fingerprint density at radius 2 is 1.79 bits per heavy atom. The minimum atomic E-state index is -4.42. The molecule has 0 radical (unpaired) electrons. The Kier molecular flexibility index (Phi) is 8.26. The summed E-state index contributed by atoms with van der Waals surface area (Å²) in [7, 11) is 0. The van der Waals surface area contributed by atoms with E-state index in [0.717, 1.165) is 12.5 Å². The molecule has 0 heterocycles. The fourth-order valence-corrected chi connectivity index (χ4v) is 2.55. The van der Waals surface area contributed by atoms with Crippen LogP contribution in [0.5, 0.6) is 0 Å². The normalized spacial score (nSPS) is 16.5. The predicted molar refractivity (Wildman–Crippen MR) is 92.2 cm³/mol. The minimum Gasteiger partial charge on any atom is -0.351 e. The summed E-state index contributed by atoms with van der Waals surface area (Å²) in [4.78, 5) is 12.2. The molecule has 1 aromatic carbocycles. The molecule has 0 aliphatic heterocycles. The average molecular weight is 367 g/mol. The first-order valence-corrected chi connectivity index (χ1v) is 7.76. The van der Waals surface area contributed by atoms with Crippen LogP contribution >= 0.6 is 12.4 Å². The van der Waals surface area contributed by atoms with Gasteiger partial charge in [0.05, 0.1) is 11.1 Å². The molecule has 1 amide bonds. The molecule has 0 spiro atoms. The molecule has 24 heavy (non-hydrogen) atoms. The summed E-state index contributed by atoms with van der Waals surface area (Å²) in [5, 5.41) is 2.75. The lowest BCUT2D eigenvalue weighted by atomic mass is 9.89.